The highest BCUT2D eigenvalue weighted by molar-refractivity contribution is 5.92. The fourth-order valence-electron chi connectivity index (χ4n) is 3.39. The highest BCUT2D eigenvalue weighted by Crippen LogP contribution is 2.35. The van der Waals surface area contributed by atoms with Crippen LogP contribution in [-0.2, 0) is 28.1 Å². The third kappa shape index (κ3) is 3.15. The van der Waals surface area contributed by atoms with Gasteiger partial charge in [-0.2, -0.15) is 0 Å². The molecule has 0 bridgehead atoms. The van der Waals surface area contributed by atoms with E-state index in [0.29, 0.717) is 13.0 Å². The summed E-state index contributed by atoms with van der Waals surface area (Å²) in [6.45, 7) is 1.84. The van der Waals surface area contributed by atoms with E-state index in [1.165, 1.54) is 6.92 Å². The number of aryl methyl sites for hydroxylation is 1. The van der Waals surface area contributed by atoms with Gasteiger partial charge in [-0.3, -0.25) is 14.6 Å². The molecule has 124 valence electrons. The van der Waals surface area contributed by atoms with E-state index in [0.717, 1.165) is 29.5 Å². The number of nitrogens with zero attached hydrogens (tertiary/aromatic N) is 1. The minimum absolute atomic E-state index is 0.172. The van der Waals surface area contributed by atoms with Crippen molar-refractivity contribution in [2.24, 2.45) is 0 Å². The molecule has 1 unspecified atom stereocenters. The molecule has 0 saturated carbocycles. The second kappa shape index (κ2) is 6.83. The Hall–Kier alpha value is -2.69. The molecule has 0 saturated heterocycles. The number of hydrogen-bond donors (Lipinski definition) is 2. The Morgan fingerprint density at radius 1 is 1.21 bits per heavy atom. The van der Waals surface area contributed by atoms with Gasteiger partial charge in [0, 0.05) is 25.9 Å². The second-order valence-corrected chi connectivity index (χ2v) is 6.14. The first kappa shape index (κ1) is 16.2. The molecule has 0 spiro atoms. The van der Waals surface area contributed by atoms with Gasteiger partial charge in [0.05, 0.1) is 0 Å². The van der Waals surface area contributed by atoms with Gasteiger partial charge in [0.2, 0.25) is 5.91 Å². The van der Waals surface area contributed by atoms with Crippen LogP contribution in [0, 0.1) is 0 Å². The van der Waals surface area contributed by atoms with Crippen LogP contribution in [0.5, 0.6) is 0 Å². The Morgan fingerprint density at radius 3 is 2.79 bits per heavy atom. The maximum atomic E-state index is 13.0. The summed E-state index contributed by atoms with van der Waals surface area (Å²) >= 11 is 0. The summed E-state index contributed by atoms with van der Waals surface area (Å²) in [5, 5.41) is 5.88. The Balaban J connectivity index is 1.89. The van der Waals surface area contributed by atoms with Gasteiger partial charge >= 0.3 is 0 Å². The van der Waals surface area contributed by atoms with Crippen molar-refractivity contribution in [2.75, 3.05) is 0 Å². The summed E-state index contributed by atoms with van der Waals surface area (Å²) in [4.78, 5) is 28.9. The number of rotatable bonds is 4. The Bertz CT molecular complexity index is 745. The van der Waals surface area contributed by atoms with Crippen molar-refractivity contribution in [3.63, 3.8) is 0 Å². The van der Waals surface area contributed by atoms with Gasteiger partial charge in [-0.1, -0.05) is 30.3 Å². The molecule has 0 fully saturated rings. The lowest BCUT2D eigenvalue weighted by Crippen LogP contribution is -2.57. The number of fused-ring (bicyclic) bond motifs is 1. The number of amides is 2. The van der Waals surface area contributed by atoms with Gasteiger partial charge in [-0.15, -0.1) is 0 Å². The summed E-state index contributed by atoms with van der Waals surface area (Å²) in [7, 11) is 0. The van der Waals surface area contributed by atoms with Crippen molar-refractivity contribution in [3.05, 3.63) is 65.5 Å². The molecule has 1 aliphatic rings. The van der Waals surface area contributed by atoms with Crippen LogP contribution in [0.15, 0.2) is 48.8 Å². The summed E-state index contributed by atoms with van der Waals surface area (Å²) in [6, 6.07) is 11.6. The maximum absolute atomic E-state index is 13.0. The Labute approximate surface area is 141 Å². The van der Waals surface area contributed by atoms with E-state index in [1.54, 1.807) is 12.4 Å². The standard InChI is InChI=1S/C19H21N3O2/c1-14(23)22-19(10-4-8-16-7-2-3-9-17(16)19)18(24)21-13-15-6-5-11-20-12-15/h2-3,5-7,9,11-12H,4,8,10,13H2,1H3,(H,21,24)(H,22,23). The zero-order valence-corrected chi connectivity index (χ0v) is 13.7. The first-order chi connectivity index (χ1) is 11.6. The fraction of sp³-hybridized carbons (Fsp3) is 0.316. The molecular formula is C19H21N3O2. The lowest BCUT2D eigenvalue weighted by Gasteiger charge is -2.38. The molecule has 5 nitrogen and oxygen atoms in total. The van der Waals surface area contributed by atoms with Crippen molar-refractivity contribution in [1.82, 2.24) is 15.6 Å². The van der Waals surface area contributed by atoms with Gasteiger partial charge in [0.1, 0.15) is 5.54 Å². The summed E-state index contributed by atoms with van der Waals surface area (Å²) in [5.41, 5.74) is 1.94. The molecule has 1 aromatic heterocycles. The van der Waals surface area contributed by atoms with Crippen LogP contribution < -0.4 is 10.6 Å². The lowest BCUT2D eigenvalue weighted by molar-refractivity contribution is -0.134. The van der Waals surface area contributed by atoms with Crippen molar-refractivity contribution >= 4 is 11.8 Å². The van der Waals surface area contributed by atoms with Crippen molar-refractivity contribution < 1.29 is 9.59 Å². The molecule has 0 aliphatic heterocycles. The molecule has 1 aromatic carbocycles. The minimum atomic E-state index is -0.997. The summed E-state index contributed by atoms with van der Waals surface area (Å²) in [6.07, 6.45) is 5.80. The van der Waals surface area contributed by atoms with Gasteiger partial charge in [-0.05, 0) is 42.0 Å². The lowest BCUT2D eigenvalue weighted by atomic mass is 9.75. The van der Waals surface area contributed by atoms with Crippen LogP contribution in [0.2, 0.25) is 0 Å². The number of hydrogen-bond acceptors (Lipinski definition) is 3. The summed E-state index contributed by atoms with van der Waals surface area (Å²) in [5.74, 6) is -0.378. The molecule has 2 aromatic rings. The fourth-order valence-corrected chi connectivity index (χ4v) is 3.39. The molecule has 2 N–H and O–H groups in total. The van der Waals surface area contributed by atoms with Gasteiger partial charge in [0.15, 0.2) is 0 Å². The minimum Gasteiger partial charge on any atom is -0.350 e. The average molecular weight is 323 g/mol. The first-order valence-corrected chi connectivity index (χ1v) is 8.16. The van der Waals surface area contributed by atoms with Crippen LogP contribution in [0.4, 0.5) is 0 Å². The molecular weight excluding hydrogens is 302 g/mol. The van der Waals surface area contributed by atoms with Crippen molar-refractivity contribution in [3.8, 4) is 0 Å². The van der Waals surface area contributed by atoms with Crippen LogP contribution in [0.25, 0.3) is 0 Å². The molecule has 3 rings (SSSR count). The Kier molecular flexibility index (Phi) is 4.60. The topological polar surface area (TPSA) is 71.1 Å². The molecule has 2 amide bonds. The van der Waals surface area contributed by atoms with Crippen molar-refractivity contribution in [1.29, 1.82) is 0 Å². The SMILES string of the molecule is CC(=O)NC1(C(=O)NCc2cccnc2)CCCc2ccccc21. The van der Waals surface area contributed by atoms with E-state index in [-0.39, 0.29) is 11.8 Å². The van der Waals surface area contributed by atoms with Crippen LogP contribution in [-0.4, -0.2) is 16.8 Å². The zero-order valence-electron chi connectivity index (χ0n) is 13.7. The number of pyridine rings is 1. The first-order valence-electron chi connectivity index (χ1n) is 8.16. The zero-order chi connectivity index (χ0) is 17.0. The molecule has 1 atom stereocenters. The van der Waals surface area contributed by atoms with E-state index in [1.807, 2.05) is 36.4 Å². The van der Waals surface area contributed by atoms with Gasteiger partial charge in [-0.25, -0.2) is 0 Å². The molecule has 1 heterocycles. The van der Waals surface area contributed by atoms with E-state index in [2.05, 4.69) is 15.6 Å². The van der Waals surface area contributed by atoms with Gasteiger partial charge in [0.25, 0.3) is 5.91 Å². The number of aromatic nitrogens is 1. The molecule has 0 radical (unpaired) electrons. The number of carbonyl (C=O) groups is 2. The molecule has 1 aliphatic carbocycles. The summed E-state index contributed by atoms with van der Waals surface area (Å²) < 4.78 is 0. The predicted octanol–water partition coefficient (Wildman–Crippen LogP) is 2.07. The van der Waals surface area contributed by atoms with Gasteiger partial charge < -0.3 is 10.6 Å². The second-order valence-electron chi connectivity index (χ2n) is 6.14. The predicted molar refractivity (Wildman–Crippen MR) is 91.0 cm³/mol. The van der Waals surface area contributed by atoms with E-state index in [9.17, 15) is 9.59 Å². The van der Waals surface area contributed by atoms with Crippen LogP contribution in [0.3, 0.4) is 0 Å². The molecule has 5 heteroatoms. The number of nitrogens with one attached hydrogen (secondary N) is 2. The monoisotopic (exact) mass is 323 g/mol. The average Bonchev–Trinajstić information content (AvgIpc) is 2.60. The number of benzene rings is 1. The van der Waals surface area contributed by atoms with Crippen LogP contribution in [0.1, 0.15) is 36.5 Å². The Morgan fingerprint density at radius 2 is 2.04 bits per heavy atom. The highest BCUT2D eigenvalue weighted by atomic mass is 16.2. The van der Waals surface area contributed by atoms with E-state index in [4.69, 9.17) is 0 Å². The third-order valence-electron chi connectivity index (χ3n) is 4.43. The largest absolute Gasteiger partial charge is 0.350 e. The number of carbonyl (C=O) groups excluding carboxylic acids is 2. The smallest absolute Gasteiger partial charge is 0.250 e. The maximum Gasteiger partial charge on any atom is 0.250 e. The normalized spacial score (nSPS) is 19.2. The third-order valence-corrected chi connectivity index (χ3v) is 4.43. The molecule has 24 heavy (non-hydrogen) atoms. The van der Waals surface area contributed by atoms with E-state index < -0.39 is 5.54 Å². The quantitative estimate of drug-likeness (QED) is 0.905. The highest BCUT2D eigenvalue weighted by Gasteiger charge is 2.43. The van der Waals surface area contributed by atoms with Crippen molar-refractivity contribution in [2.45, 2.75) is 38.3 Å². The van der Waals surface area contributed by atoms with E-state index >= 15 is 0 Å². The van der Waals surface area contributed by atoms with Crippen LogP contribution >= 0.6 is 0 Å².